The minimum Gasteiger partial charge on any atom is -0.324 e. The van der Waals surface area contributed by atoms with Crippen LogP contribution in [0.4, 0.5) is 0 Å². The molecule has 2 aliphatic rings. The van der Waals surface area contributed by atoms with Gasteiger partial charge >= 0.3 is 0 Å². The van der Waals surface area contributed by atoms with Crippen LogP contribution in [-0.2, 0) is 0 Å². The molecule has 4 aromatic carbocycles. The molecule has 2 aliphatic heterocycles. The van der Waals surface area contributed by atoms with E-state index in [0.717, 1.165) is 79.6 Å². The molecule has 0 saturated heterocycles. The van der Waals surface area contributed by atoms with Crippen molar-refractivity contribution in [3.63, 3.8) is 0 Å². The topological polar surface area (TPSA) is 109 Å². The highest BCUT2D eigenvalue weighted by Gasteiger charge is 2.24. The van der Waals surface area contributed by atoms with Crippen LogP contribution in [-0.4, -0.2) is 39.9 Å². The molecule has 0 spiro atoms. The van der Waals surface area contributed by atoms with Crippen molar-refractivity contribution < 1.29 is 0 Å². The van der Waals surface area contributed by atoms with Crippen molar-refractivity contribution in [3.8, 4) is 45.6 Å². The van der Waals surface area contributed by atoms with E-state index >= 15 is 0 Å². The number of nitrogens with one attached hydrogen (secondary N) is 2. The van der Waals surface area contributed by atoms with Crippen LogP contribution in [0.15, 0.2) is 84.3 Å². The highest BCUT2D eigenvalue weighted by atomic mass is 79.9. The van der Waals surface area contributed by atoms with Crippen LogP contribution in [0.5, 0.6) is 0 Å². The van der Waals surface area contributed by atoms with E-state index in [-0.39, 0.29) is 0 Å². The van der Waals surface area contributed by atoms with Gasteiger partial charge < -0.3 is 9.97 Å². The van der Waals surface area contributed by atoms with Crippen LogP contribution in [0.25, 0.3) is 89.7 Å². The molecule has 16 heteroatoms. The minimum absolute atomic E-state index is 0.510. The normalized spacial score (nSPS) is 12.2. The van der Waals surface area contributed by atoms with Crippen LogP contribution in [0.1, 0.15) is 0 Å². The summed E-state index contributed by atoms with van der Waals surface area (Å²) in [7, 11) is 0. The molecule has 0 radical (unpaired) electrons. The fourth-order valence-corrected chi connectivity index (χ4v) is 8.51. The zero-order valence-electron chi connectivity index (χ0n) is 23.3. The van der Waals surface area contributed by atoms with Gasteiger partial charge in [0.05, 0.1) is 0 Å². The largest absolute Gasteiger partial charge is 0.324 e. The second kappa shape index (κ2) is 11.8. The molecule has 48 heavy (non-hydrogen) atoms. The molecule has 0 amide bonds. The van der Waals surface area contributed by atoms with E-state index in [2.05, 4.69) is 137 Å². The highest BCUT2D eigenvalue weighted by molar-refractivity contribution is 9.14. The number of rotatable bonds is 0. The molecule has 8 nitrogen and oxygen atoms in total. The maximum atomic E-state index is 5.11. The third-order valence-corrected chi connectivity index (χ3v) is 15.4. The fourth-order valence-electron chi connectivity index (χ4n) is 5.76. The quantitative estimate of drug-likeness (QED) is 0.157. The number of aromatic amines is 2. The molecular formula is C32H10Br8N8. The molecule has 7 aromatic rings. The Labute approximate surface area is 337 Å². The first-order chi connectivity index (χ1) is 23.0. The molecule has 2 N–H and O–H groups in total. The summed E-state index contributed by atoms with van der Waals surface area (Å²) in [6.07, 6.45) is 0. The number of benzene rings is 4. The van der Waals surface area contributed by atoms with Gasteiger partial charge in [0.15, 0.2) is 23.3 Å². The smallest absolute Gasteiger partial charge is 0.164 e. The van der Waals surface area contributed by atoms with Crippen LogP contribution < -0.4 is 0 Å². The second-order valence-corrected chi connectivity index (χ2v) is 17.7. The molecule has 8 bridgehead atoms. The molecule has 0 aliphatic carbocycles. The van der Waals surface area contributed by atoms with E-state index in [1.165, 1.54) is 0 Å². The molecule has 3 aromatic heterocycles. The van der Waals surface area contributed by atoms with Gasteiger partial charge in [0.25, 0.3) is 0 Å². The first-order valence-electron chi connectivity index (χ1n) is 13.8. The number of halogens is 8. The second-order valence-electron chi connectivity index (χ2n) is 10.9. The van der Waals surface area contributed by atoms with Crippen LogP contribution in [0.2, 0.25) is 0 Å². The van der Waals surface area contributed by atoms with Crippen molar-refractivity contribution in [2.24, 2.45) is 0 Å². The highest BCUT2D eigenvalue weighted by Crippen LogP contribution is 2.43. The van der Waals surface area contributed by atoms with Crippen molar-refractivity contribution in [2.45, 2.75) is 0 Å². The van der Waals surface area contributed by atoms with E-state index in [1.807, 2.05) is 48.5 Å². The maximum Gasteiger partial charge on any atom is 0.164 e. The van der Waals surface area contributed by atoms with E-state index < -0.39 is 0 Å². The van der Waals surface area contributed by atoms with Gasteiger partial charge in [-0.15, -0.1) is 0 Å². The van der Waals surface area contributed by atoms with Gasteiger partial charge in [-0.3, -0.25) is 0 Å². The Balaban J connectivity index is 1.52. The number of nitrogens with zero attached hydrogens (tertiary/aromatic N) is 6. The van der Waals surface area contributed by atoms with E-state index in [4.69, 9.17) is 29.9 Å². The van der Waals surface area contributed by atoms with E-state index in [9.17, 15) is 0 Å². The van der Waals surface area contributed by atoms with Gasteiger partial charge in [-0.05, 0) is 176 Å². The molecule has 5 heterocycles. The predicted octanol–water partition coefficient (Wildman–Crippen LogP) is 13.0. The van der Waals surface area contributed by atoms with Crippen molar-refractivity contribution in [1.82, 2.24) is 39.9 Å². The minimum atomic E-state index is 0.510. The average Bonchev–Trinajstić information content (AvgIpc) is 3.74. The Morgan fingerprint density at radius 1 is 0.292 bits per heavy atom. The lowest BCUT2D eigenvalue weighted by atomic mass is 10.1. The first kappa shape index (κ1) is 32.0. The number of hydrogen-bond acceptors (Lipinski definition) is 6. The summed E-state index contributed by atoms with van der Waals surface area (Å²) in [5, 5.41) is 3.44. The molecule has 0 unspecified atom stereocenters. The van der Waals surface area contributed by atoms with Crippen molar-refractivity contribution in [3.05, 3.63) is 84.3 Å². The number of aromatic nitrogens is 8. The van der Waals surface area contributed by atoms with Crippen LogP contribution in [0, 0.1) is 0 Å². The third-order valence-electron chi connectivity index (χ3n) is 7.99. The van der Waals surface area contributed by atoms with Gasteiger partial charge in [0, 0.05) is 79.6 Å². The molecular weight excluding hydrogens is 1140 g/mol. The number of fused-ring (bicyclic) bond motifs is 20. The van der Waals surface area contributed by atoms with Gasteiger partial charge in [0.1, 0.15) is 22.6 Å². The predicted molar refractivity (Wildman–Crippen MR) is 218 cm³/mol. The number of hydrogen-bond donors (Lipinski definition) is 2. The number of H-pyrrole nitrogens is 2. The van der Waals surface area contributed by atoms with Crippen LogP contribution in [0.3, 0.4) is 0 Å². The first-order valence-corrected chi connectivity index (χ1v) is 20.2. The summed E-state index contributed by atoms with van der Waals surface area (Å²) in [5.74, 6) is 2.04. The molecule has 0 atom stereocenters. The SMILES string of the molecule is Brc1cc2c(cc1Br)-c1nc-2nc2[nH]c(nc3nc(nc4[nH]c(n1)c1cc(Br)c(Br)cc41)-c1cc(Br)c(Br)cc1-3)c1cc(Br)c(Br)cc21. The Hall–Kier alpha value is -1.92. The summed E-state index contributed by atoms with van der Waals surface area (Å²) >= 11 is 29.4. The molecule has 234 valence electrons. The standard InChI is InChI=1S/C32H10Br8N8/c33-17-1-9-10(2-18(17)34)26-41-25(9)45-27-11-3-19(35)20(36)4-12(11)29(42-27)47-31-15-7-23(39)24(40)8-16(15)32(44-31)48-30-14-6-22(38)21(37)5-13(14)28(43-30)46-26/h1-8H,(H2,41,42,43,44,45,46,47,48). The maximum absolute atomic E-state index is 5.11. The average molecular weight is 1150 g/mol. The van der Waals surface area contributed by atoms with Gasteiger partial charge in [-0.25, -0.2) is 29.9 Å². The summed E-state index contributed by atoms with van der Waals surface area (Å²) in [4.78, 5) is 37.4. The monoisotopic (exact) mass is 1140 g/mol. The van der Waals surface area contributed by atoms with Crippen molar-refractivity contribution in [1.29, 1.82) is 0 Å². The van der Waals surface area contributed by atoms with Gasteiger partial charge in [-0.1, -0.05) is 0 Å². The van der Waals surface area contributed by atoms with Crippen LogP contribution >= 0.6 is 127 Å². The lowest BCUT2D eigenvalue weighted by Gasteiger charge is -2.02. The molecule has 0 saturated carbocycles. The third kappa shape index (κ3) is 5.15. The summed E-state index contributed by atoms with van der Waals surface area (Å²) in [6, 6.07) is 16.0. The molecule has 9 rings (SSSR count). The zero-order valence-corrected chi connectivity index (χ0v) is 36.0. The van der Waals surface area contributed by atoms with Crippen molar-refractivity contribution >= 4 is 172 Å². The van der Waals surface area contributed by atoms with Crippen molar-refractivity contribution in [2.75, 3.05) is 0 Å². The fraction of sp³-hybridized carbons (Fsp3) is 0. The Morgan fingerprint density at radius 3 is 0.729 bits per heavy atom. The Bertz CT molecular complexity index is 2420. The summed E-state index contributed by atoms with van der Waals surface area (Å²) in [6.45, 7) is 0. The lowest BCUT2D eigenvalue weighted by Crippen LogP contribution is -1.84. The Morgan fingerprint density at radius 2 is 0.500 bits per heavy atom. The van der Waals surface area contributed by atoms with E-state index in [0.29, 0.717) is 45.9 Å². The molecule has 0 fully saturated rings. The van der Waals surface area contributed by atoms with Gasteiger partial charge in [0.2, 0.25) is 0 Å². The van der Waals surface area contributed by atoms with E-state index in [1.54, 1.807) is 0 Å². The zero-order chi connectivity index (χ0) is 33.2. The lowest BCUT2D eigenvalue weighted by molar-refractivity contribution is 1.19. The summed E-state index contributed by atoms with van der Waals surface area (Å²) < 4.78 is 7.01. The summed E-state index contributed by atoms with van der Waals surface area (Å²) in [5.41, 5.74) is 5.72. The van der Waals surface area contributed by atoms with Gasteiger partial charge in [-0.2, -0.15) is 0 Å². The Kier molecular flexibility index (Phi) is 7.89.